The van der Waals surface area contributed by atoms with E-state index in [0.29, 0.717) is 0 Å². The topological polar surface area (TPSA) is 27.6 Å². The van der Waals surface area contributed by atoms with Crippen molar-refractivity contribution in [3.63, 3.8) is 0 Å². The summed E-state index contributed by atoms with van der Waals surface area (Å²) >= 11 is 0. The van der Waals surface area contributed by atoms with E-state index in [4.69, 9.17) is 0 Å². The molecule has 0 heterocycles. The molecule has 0 spiro atoms. The number of nitrogens with zero attached hydrogens (tertiary/aromatic N) is 1. The largest absolute Gasteiger partial charge is 1.00 e. The third kappa shape index (κ3) is 29.0. The number of hydrogen-bond donors (Lipinski definition) is 1. The summed E-state index contributed by atoms with van der Waals surface area (Å²) in [5, 5.41) is 0. The Morgan fingerprint density at radius 3 is 1.12 bits per heavy atom. The van der Waals surface area contributed by atoms with Crippen LogP contribution in [-0.4, -0.2) is 25.1 Å². The maximum absolute atomic E-state index is 3.76. The van der Waals surface area contributed by atoms with Crippen LogP contribution >= 0.6 is 0 Å². The van der Waals surface area contributed by atoms with Gasteiger partial charge in [0.1, 0.15) is 6.54 Å². The molecule has 0 aromatic heterocycles. The molecule has 0 fully saturated rings. The van der Waals surface area contributed by atoms with Gasteiger partial charge in [0.2, 0.25) is 0 Å². The van der Waals surface area contributed by atoms with Gasteiger partial charge < -0.3 is 59.8 Å². The Bertz CT molecular complexity index is 714. The molecule has 0 saturated heterocycles. The van der Waals surface area contributed by atoms with Gasteiger partial charge in [0.15, 0.2) is 0 Å². The van der Waals surface area contributed by atoms with Crippen molar-refractivity contribution in [2.45, 2.75) is 123 Å². The van der Waals surface area contributed by atoms with Crippen LogP contribution < -0.4 is 55.4 Å². The molecule has 6 heteroatoms. The minimum Gasteiger partial charge on any atom is -1.00 e. The van der Waals surface area contributed by atoms with Crippen LogP contribution in [-0.2, 0) is 13.1 Å². The molecule has 236 valence electrons. The minimum absolute atomic E-state index is 0. The highest BCUT2D eigenvalue weighted by molar-refractivity contribution is 5.13. The molecule has 0 bridgehead atoms. The number of hydrogen-bond acceptors (Lipinski definition) is 0. The molecule has 0 aliphatic carbocycles. The Kier molecular flexibility index (Phi) is 38.4. The molecule has 0 aliphatic heterocycles. The minimum atomic E-state index is 0. The average Bonchev–Trinajstić information content (AvgIpc) is 2.89. The summed E-state index contributed by atoms with van der Waals surface area (Å²) in [7, 11) is 4.75. The summed E-state index contributed by atoms with van der Waals surface area (Å²) in [5.74, 6) is 0. The Morgan fingerprint density at radius 2 is 0.800 bits per heavy atom. The van der Waals surface area contributed by atoms with Crippen molar-refractivity contribution < 1.29 is 59.8 Å². The van der Waals surface area contributed by atoms with Crippen LogP contribution in [0.15, 0.2) is 60.7 Å². The van der Waals surface area contributed by atoms with E-state index in [2.05, 4.69) is 69.2 Å². The summed E-state index contributed by atoms with van der Waals surface area (Å²) in [6.45, 7) is 5.64. The van der Waals surface area contributed by atoms with Gasteiger partial charge in [-0.1, -0.05) is 157 Å². The van der Waals surface area contributed by atoms with Crippen LogP contribution in [0.2, 0.25) is 0 Å². The van der Waals surface area contributed by atoms with Crippen LogP contribution in [0.3, 0.4) is 0 Å². The predicted octanol–water partition coefficient (Wildman–Crippen LogP) is -3.03. The van der Waals surface area contributed by atoms with Crippen molar-refractivity contribution in [3.8, 4) is 0 Å². The van der Waals surface area contributed by atoms with Crippen LogP contribution in [0.5, 0.6) is 0 Å². The van der Waals surface area contributed by atoms with Gasteiger partial charge in [0, 0.05) is 11.1 Å². The summed E-state index contributed by atoms with van der Waals surface area (Å²) in [6, 6.07) is 21.2. The predicted molar refractivity (Wildman–Crippen MR) is 160 cm³/mol. The maximum atomic E-state index is 3.76. The number of halogens is 4. The molecule has 0 atom stereocenters. The first kappa shape index (κ1) is 46.5. The quantitative estimate of drug-likeness (QED) is 0.118. The van der Waals surface area contributed by atoms with Crippen molar-refractivity contribution in [1.29, 1.82) is 0 Å². The highest BCUT2D eigenvalue weighted by Gasteiger charge is 2.14. The number of rotatable bonds is 20. The van der Waals surface area contributed by atoms with Crippen LogP contribution in [0.4, 0.5) is 0 Å². The van der Waals surface area contributed by atoms with Gasteiger partial charge >= 0.3 is 0 Å². The molecule has 0 amide bonds. The highest BCUT2D eigenvalue weighted by Crippen LogP contribution is 2.15. The van der Waals surface area contributed by atoms with Gasteiger partial charge in [-0.25, -0.2) is 0 Å². The lowest BCUT2D eigenvalue weighted by atomic mass is 10.0. The number of quaternary nitrogens is 2. The van der Waals surface area contributed by atoms with Gasteiger partial charge in [0.25, 0.3) is 0 Å². The SMILES string of the molecule is CCCCCCCCCCCCCCCCCC[N+](C)(C)Cc1ccccc1.[Cl-].[Cl-].[Cl-].[Cl-].[NH3+]Cc1ccccc1. The summed E-state index contributed by atoms with van der Waals surface area (Å²) in [6.07, 6.45) is 23.2. The van der Waals surface area contributed by atoms with Gasteiger partial charge in [-0.15, -0.1) is 0 Å². The number of benzene rings is 2. The van der Waals surface area contributed by atoms with Gasteiger partial charge in [0.05, 0.1) is 27.2 Å². The van der Waals surface area contributed by atoms with Crippen molar-refractivity contribution in [2.75, 3.05) is 20.6 Å². The van der Waals surface area contributed by atoms with Crippen molar-refractivity contribution >= 4 is 0 Å². The normalized spacial score (nSPS) is 10.1. The van der Waals surface area contributed by atoms with Crippen LogP contribution in [0.25, 0.3) is 0 Å². The fraction of sp³-hybridized carbons (Fsp3) is 0.647. The molecule has 2 aromatic carbocycles. The molecule has 0 unspecified atom stereocenters. The fourth-order valence-electron chi connectivity index (χ4n) is 4.89. The lowest BCUT2D eigenvalue weighted by molar-refractivity contribution is -0.903. The van der Waals surface area contributed by atoms with Gasteiger partial charge in [-0.2, -0.15) is 0 Å². The monoisotopic (exact) mass is 636 g/mol. The van der Waals surface area contributed by atoms with Crippen molar-refractivity contribution in [1.82, 2.24) is 0 Å². The molecule has 0 saturated carbocycles. The van der Waals surface area contributed by atoms with Crippen LogP contribution in [0.1, 0.15) is 121 Å². The first-order valence-electron chi connectivity index (χ1n) is 15.3. The molecular formula is C34H60Cl4N2-2. The van der Waals surface area contributed by atoms with E-state index in [1.54, 1.807) is 0 Å². The second-order valence-electron chi connectivity index (χ2n) is 11.3. The Morgan fingerprint density at radius 1 is 0.475 bits per heavy atom. The zero-order valence-corrected chi connectivity index (χ0v) is 28.9. The summed E-state index contributed by atoms with van der Waals surface area (Å²) < 4.78 is 1.11. The second kappa shape index (κ2) is 33.0. The van der Waals surface area contributed by atoms with Crippen molar-refractivity contribution in [3.05, 3.63) is 71.8 Å². The summed E-state index contributed by atoms with van der Waals surface area (Å²) in [4.78, 5) is 0. The van der Waals surface area contributed by atoms with E-state index >= 15 is 0 Å². The smallest absolute Gasteiger partial charge is 0.104 e. The van der Waals surface area contributed by atoms with E-state index in [0.717, 1.165) is 17.6 Å². The molecule has 2 nitrogen and oxygen atoms in total. The van der Waals surface area contributed by atoms with E-state index < -0.39 is 0 Å². The maximum Gasteiger partial charge on any atom is 0.104 e. The third-order valence-electron chi connectivity index (χ3n) is 7.20. The molecule has 2 rings (SSSR count). The molecule has 40 heavy (non-hydrogen) atoms. The van der Waals surface area contributed by atoms with E-state index in [9.17, 15) is 0 Å². The van der Waals surface area contributed by atoms with E-state index in [1.807, 2.05) is 18.2 Å². The van der Waals surface area contributed by atoms with Gasteiger partial charge in [-0.05, 0) is 12.8 Å². The molecule has 3 N–H and O–H groups in total. The lowest BCUT2D eigenvalue weighted by Crippen LogP contribution is -3.00. The Balaban J connectivity index is -0.000000465. The molecule has 0 aliphatic rings. The van der Waals surface area contributed by atoms with E-state index in [1.165, 1.54) is 120 Å². The summed E-state index contributed by atoms with van der Waals surface area (Å²) in [5.41, 5.74) is 6.52. The molecular weight excluding hydrogens is 578 g/mol. The standard InChI is InChI=1S/C27H50N.C7H9N.4ClH/c1-4-5-6-7-8-9-10-11-12-13-14-15-16-17-18-22-25-28(2,3)26-27-23-20-19-21-24-27;8-6-7-4-2-1-3-5-7;;;;/h19-21,23-24H,4-18,22,25-26H2,1-3H3;1-5H,6,8H2;4*1H/q+1;;;;;/p-3. The zero-order chi connectivity index (χ0) is 26.2. The average molecular weight is 639 g/mol. The Labute approximate surface area is 273 Å². The first-order valence-corrected chi connectivity index (χ1v) is 15.3. The fourth-order valence-corrected chi connectivity index (χ4v) is 4.89. The zero-order valence-electron chi connectivity index (χ0n) is 25.9. The van der Waals surface area contributed by atoms with Gasteiger partial charge in [-0.3, -0.25) is 0 Å². The van der Waals surface area contributed by atoms with Crippen molar-refractivity contribution in [2.24, 2.45) is 0 Å². The van der Waals surface area contributed by atoms with Crippen LogP contribution in [0, 0.1) is 0 Å². The third-order valence-corrected chi connectivity index (χ3v) is 7.20. The first-order chi connectivity index (χ1) is 17.6. The Hall–Kier alpha value is -0.480. The highest BCUT2D eigenvalue weighted by atomic mass is 35.5. The number of unbranched alkanes of at least 4 members (excludes halogenated alkanes) is 15. The second-order valence-corrected chi connectivity index (χ2v) is 11.3. The molecule has 2 aromatic rings. The molecule has 0 radical (unpaired) electrons. The van der Waals surface area contributed by atoms with E-state index in [-0.39, 0.29) is 49.6 Å². The lowest BCUT2D eigenvalue weighted by Gasteiger charge is -2.30.